The van der Waals surface area contributed by atoms with Crippen LogP contribution in [0, 0.1) is 0 Å². The highest BCUT2D eigenvalue weighted by Crippen LogP contribution is 2.33. The SMILES string of the molecule is S=C(NCc1ccccc1)N1N=C(c2ccc(Cl)cc2)CC1c1ccccc1. The molecule has 28 heavy (non-hydrogen) atoms. The lowest BCUT2D eigenvalue weighted by Gasteiger charge is -2.25. The third-order valence-corrected chi connectivity index (χ3v) is 5.35. The molecule has 1 N–H and O–H groups in total. The Bertz CT molecular complexity index is 972. The molecule has 4 rings (SSSR count). The second-order valence-corrected chi connectivity index (χ2v) is 7.50. The van der Waals surface area contributed by atoms with Gasteiger partial charge in [0.15, 0.2) is 5.11 Å². The lowest BCUT2D eigenvalue weighted by molar-refractivity contribution is 0.364. The van der Waals surface area contributed by atoms with Gasteiger partial charge in [0.25, 0.3) is 0 Å². The zero-order valence-electron chi connectivity index (χ0n) is 15.3. The van der Waals surface area contributed by atoms with E-state index in [9.17, 15) is 0 Å². The molecule has 0 aromatic heterocycles. The first-order chi connectivity index (χ1) is 13.7. The monoisotopic (exact) mass is 405 g/mol. The minimum absolute atomic E-state index is 0.0719. The van der Waals surface area contributed by atoms with Gasteiger partial charge in [-0.25, -0.2) is 5.01 Å². The van der Waals surface area contributed by atoms with Crippen LogP contribution < -0.4 is 5.32 Å². The molecule has 3 nitrogen and oxygen atoms in total. The van der Waals surface area contributed by atoms with Crippen LogP contribution in [0.25, 0.3) is 0 Å². The molecule has 140 valence electrons. The van der Waals surface area contributed by atoms with Gasteiger partial charge in [0.2, 0.25) is 0 Å². The van der Waals surface area contributed by atoms with Crippen LogP contribution in [-0.2, 0) is 6.54 Å². The Labute approximate surface area is 175 Å². The summed E-state index contributed by atoms with van der Waals surface area (Å²) in [6, 6.07) is 28.5. The lowest BCUT2D eigenvalue weighted by Crippen LogP contribution is -2.36. The second kappa shape index (κ2) is 8.55. The van der Waals surface area contributed by atoms with Crippen molar-refractivity contribution in [2.75, 3.05) is 0 Å². The van der Waals surface area contributed by atoms with Crippen molar-refractivity contribution in [3.05, 3.63) is 107 Å². The normalized spacial score (nSPS) is 16.0. The van der Waals surface area contributed by atoms with E-state index in [1.165, 1.54) is 11.1 Å². The van der Waals surface area contributed by atoms with Crippen LogP contribution in [0.4, 0.5) is 0 Å². The zero-order chi connectivity index (χ0) is 19.3. The van der Waals surface area contributed by atoms with Crippen molar-refractivity contribution >= 4 is 34.6 Å². The van der Waals surface area contributed by atoms with Crippen LogP contribution in [0.3, 0.4) is 0 Å². The summed E-state index contributed by atoms with van der Waals surface area (Å²) >= 11 is 11.7. The van der Waals surface area contributed by atoms with Gasteiger partial charge in [-0.2, -0.15) is 5.10 Å². The highest BCUT2D eigenvalue weighted by atomic mass is 35.5. The average Bonchev–Trinajstić information content (AvgIpc) is 3.19. The van der Waals surface area contributed by atoms with Crippen molar-refractivity contribution in [2.24, 2.45) is 5.10 Å². The molecule has 0 aliphatic carbocycles. The first kappa shape index (κ1) is 18.7. The van der Waals surface area contributed by atoms with Gasteiger partial charge in [-0.15, -0.1) is 0 Å². The lowest BCUT2D eigenvalue weighted by atomic mass is 9.99. The molecule has 0 fully saturated rings. The van der Waals surface area contributed by atoms with Crippen LogP contribution in [0.15, 0.2) is 90.0 Å². The molecular weight excluding hydrogens is 386 g/mol. The van der Waals surface area contributed by atoms with Gasteiger partial charge in [0.1, 0.15) is 0 Å². The molecule has 0 spiro atoms. The maximum Gasteiger partial charge on any atom is 0.190 e. The summed E-state index contributed by atoms with van der Waals surface area (Å²) in [5, 5.41) is 11.5. The maximum absolute atomic E-state index is 6.04. The van der Waals surface area contributed by atoms with Crippen LogP contribution in [0.1, 0.15) is 29.2 Å². The van der Waals surface area contributed by atoms with Gasteiger partial charge in [-0.1, -0.05) is 84.4 Å². The number of benzene rings is 3. The zero-order valence-corrected chi connectivity index (χ0v) is 16.8. The van der Waals surface area contributed by atoms with E-state index in [1.54, 1.807) is 0 Å². The average molecular weight is 406 g/mol. The van der Waals surface area contributed by atoms with Gasteiger partial charge in [-0.05, 0) is 41.0 Å². The minimum atomic E-state index is 0.0719. The molecule has 1 aliphatic heterocycles. The number of hydrazone groups is 1. The maximum atomic E-state index is 6.04. The van der Waals surface area contributed by atoms with Gasteiger partial charge in [-0.3, -0.25) is 0 Å². The summed E-state index contributed by atoms with van der Waals surface area (Å²) in [6.45, 7) is 0.670. The van der Waals surface area contributed by atoms with Crippen LogP contribution in [0.2, 0.25) is 5.02 Å². The summed E-state index contributed by atoms with van der Waals surface area (Å²) in [4.78, 5) is 0. The number of hydrogen-bond acceptors (Lipinski definition) is 2. The Morgan fingerprint density at radius 2 is 1.61 bits per heavy atom. The fourth-order valence-corrected chi connectivity index (χ4v) is 3.67. The van der Waals surface area contributed by atoms with E-state index in [4.69, 9.17) is 28.9 Å². The van der Waals surface area contributed by atoms with Crippen LogP contribution in [-0.4, -0.2) is 15.8 Å². The number of rotatable bonds is 4. The summed E-state index contributed by atoms with van der Waals surface area (Å²) in [5.74, 6) is 0. The molecule has 1 aliphatic rings. The van der Waals surface area contributed by atoms with E-state index < -0.39 is 0 Å². The third-order valence-electron chi connectivity index (χ3n) is 4.77. The standard InChI is InChI=1S/C23H20ClN3S/c24-20-13-11-18(12-14-20)21-15-22(19-9-5-2-6-10-19)27(26-21)23(28)25-16-17-7-3-1-4-8-17/h1-14,22H,15-16H2,(H,25,28). The predicted octanol–water partition coefficient (Wildman–Crippen LogP) is 5.57. The molecule has 0 radical (unpaired) electrons. The van der Waals surface area contributed by atoms with Crippen molar-refractivity contribution < 1.29 is 0 Å². The number of nitrogens with zero attached hydrogens (tertiary/aromatic N) is 2. The van der Waals surface area contributed by atoms with E-state index in [0.29, 0.717) is 11.7 Å². The second-order valence-electron chi connectivity index (χ2n) is 6.67. The Balaban J connectivity index is 1.57. The summed E-state index contributed by atoms with van der Waals surface area (Å²) < 4.78 is 0. The van der Waals surface area contributed by atoms with E-state index in [-0.39, 0.29) is 6.04 Å². The molecule has 0 bridgehead atoms. The largest absolute Gasteiger partial charge is 0.357 e. The van der Waals surface area contributed by atoms with Crippen molar-refractivity contribution in [1.82, 2.24) is 10.3 Å². The van der Waals surface area contributed by atoms with Crippen molar-refractivity contribution in [3.63, 3.8) is 0 Å². The molecule has 1 heterocycles. The molecule has 3 aromatic rings. The van der Waals surface area contributed by atoms with Crippen molar-refractivity contribution in [2.45, 2.75) is 19.0 Å². The number of halogens is 1. The van der Waals surface area contributed by atoms with Gasteiger partial charge < -0.3 is 5.32 Å². The highest BCUT2D eigenvalue weighted by molar-refractivity contribution is 7.80. The third kappa shape index (κ3) is 4.24. The fourth-order valence-electron chi connectivity index (χ4n) is 3.30. The van der Waals surface area contributed by atoms with Gasteiger partial charge in [0, 0.05) is 18.0 Å². The highest BCUT2D eigenvalue weighted by Gasteiger charge is 2.31. The topological polar surface area (TPSA) is 27.6 Å². The molecular formula is C23H20ClN3S. The molecule has 3 aromatic carbocycles. The molecule has 1 unspecified atom stereocenters. The van der Waals surface area contributed by atoms with Gasteiger partial charge in [0.05, 0.1) is 11.8 Å². The van der Waals surface area contributed by atoms with E-state index in [1.807, 2.05) is 65.7 Å². The van der Waals surface area contributed by atoms with Crippen molar-refractivity contribution in [3.8, 4) is 0 Å². The first-order valence-electron chi connectivity index (χ1n) is 9.20. The van der Waals surface area contributed by atoms with E-state index in [2.05, 4.69) is 29.6 Å². The van der Waals surface area contributed by atoms with Gasteiger partial charge >= 0.3 is 0 Å². The number of nitrogens with one attached hydrogen (secondary N) is 1. The van der Waals surface area contributed by atoms with Crippen LogP contribution in [0.5, 0.6) is 0 Å². The number of thiocarbonyl (C=S) groups is 1. The Hall–Kier alpha value is -2.69. The summed E-state index contributed by atoms with van der Waals surface area (Å²) in [5.41, 5.74) is 4.45. The fraction of sp³-hybridized carbons (Fsp3) is 0.130. The molecule has 0 saturated carbocycles. The van der Waals surface area contributed by atoms with Crippen molar-refractivity contribution in [1.29, 1.82) is 0 Å². The van der Waals surface area contributed by atoms with Crippen LogP contribution >= 0.6 is 23.8 Å². The molecule has 5 heteroatoms. The number of hydrogen-bond donors (Lipinski definition) is 1. The Kier molecular flexibility index (Phi) is 5.70. The minimum Gasteiger partial charge on any atom is -0.357 e. The van der Waals surface area contributed by atoms with E-state index >= 15 is 0 Å². The summed E-state index contributed by atoms with van der Waals surface area (Å²) in [6.07, 6.45) is 0.790. The predicted molar refractivity (Wildman–Crippen MR) is 120 cm³/mol. The summed E-state index contributed by atoms with van der Waals surface area (Å²) in [7, 11) is 0. The smallest absolute Gasteiger partial charge is 0.190 e. The molecule has 0 saturated heterocycles. The Morgan fingerprint density at radius 3 is 2.29 bits per heavy atom. The Morgan fingerprint density at radius 1 is 0.964 bits per heavy atom. The van der Waals surface area contributed by atoms with E-state index in [0.717, 1.165) is 22.7 Å². The molecule has 1 atom stereocenters. The quantitative estimate of drug-likeness (QED) is 0.575. The molecule has 0 amide bonds. The first-order valence-corrected chi connectivity index (χ1v) is 9.99.